The Kier molecular flexibility index (Phi) is 5.48. The van der Waals surface area contributed by atoms with E-state index in [0.29, 0.717) is 26.2 Å². The molecule has 1 aromatic rings. The lowest BCUT2D eigenvalue weighted by Gasteiger charge is -2.34. The summed E-state index contributed by atoms with van der Waals surface area (Å²) in [6.45, 7) is 3.16. The molecule has 132 valence electrons. The smallest absolute Gasteiger partial charge is 0.339 e. The van der Waals surface area contributed by atoms with Gasteiger partial charge in [0.25, 0.3) is 0 Å². The van der Waals surface area contributed by atoms with Crippen molar-refractivity contribution in [3.8, 4) is 0 Å². The SMILES string of the molecule is CC(=O)N(CC(=O)N1CCN(C)CC1)c1ccccc1C(F)(F)F. The lowest BCUT2D eigenvalue weighted by atomic mass is 10.1. The number of carbonyl (C=O) groups excluding carboxylic acids is 2. The van der Waals surface area contributed by atoms with Gasteiger partial charge in [0.2, 0.25) is 11.8 Å². The summed E-state index contributed by atoms with van der Waals surface area (Å²) in [5.74, 6) is -0.954. The molecule has 1 heterocycles. The molecule has 0 atom stereocenters. The molecule has 0 radical (unpaired) electrons. The first-order valence-electron chi connectivity index (χ1n) is 7.61. The van der Waals surface area contributed by atoms with E-state index >= 15 is 0 Å². The van der Waals surface area contributed by atoms with Gasteiger partial charge in [-0.1, -0.05) is 12.1 Å². The maximum absolute atomic E-state index is 13.2. The maximum atomic E-state index is 13.2. The van der Waals surface area contributed by atoms with E-state index in [1.165, 1.54) is 18.2 Å². The fourth-order valence-corrected chi connectivity index (χ4v) is 2.61. The molecular formula is C16H20F3N3O2. The van der Waals surface area contributed by atoms with Crippen molar-refractivity contribution in [2.24, 2.45) is 0 Å². The summed E-state index contributed by atoms with van der Waals surface area (Å²) in [5.41, 5.74) is -1.22. The van der Waals surface area contributed by atoms with Gasteiger partial charge in [0.05, 0.1) is 11.3 Å². The molecule has 0 spiro atoms. The van der Waals surface area contributed by atoms with Crippen LogP contribution in [-0.2, 0) is 15.8 Å². The van der Waals surface area contributed by atoms with Crippen molar-refractivity contribution in [2.75, 3.05) is 44.7 Å². The van der Waals surface area contributed by atoms with Gasteiger partial charge in [0.15, 0.2) is 0 Å². The van der Waals surface area contributed by atoms with Crippen LogP contribution in [0.25, 0.3) is 0 Å². The molecule has 1 aromatic carbocycles. The van der Waals surface area contributed by atoms with Crippen LogP contribution in [0.1, 0.15) is 12.5 Å². The molecular weight excluding hydrogens is 323 g/mol. The molecule has 5 nitrogen and oxygen atoms in total. The van der Waals surface area contributed by atoms with E-state index in [9.17, 15) is 22.8 Å². The number of hydrogen-bond acceptors (Lipinski definition) is 3. The van der Waals surface area contributed by atoms with Crippen LogP contribution in [0.3, 0.4) is 0 Å². The highest BCUT2D eigenvalue weighted by molar-refractivity contribution is 5.98. The predicted octanol–water partition coefficient (Wildman–Crippen LogP) is 1.83. The van der Waals surface area contributed by atoms with Crippen molar-refractivity contribution >= 4 is 17.5 Å². The number of para-hydroxylation sites is 1. The average molecular weight is 343 g/mol. The average Bonchev–Trinajstić information content (AvgIpc) is 2.52. The van der Waals surface area contributed by atoms with Crippen LogP contribution >= 0.6 is 0 Å². The number of piperazine rings is 1. The largest absolute Gasteiger partial charge is 0.418 e. The lowest BCUT2D eigenvalue weighted by molar-refractivity contribution is -0.138. The number of rotatable bonds is 3. The number of benzene rings is 1. The summed E-state index contributed by atoms with van der Waals surface area (Å²) in [4.78, 5) is 28.8. The van der Waals surface area contributed by atoms with Crippen LogP contribution < -0.4 is 4.90 Å². The van der Waals surface area contributed by atoms with Gasteiger partial charge in [-0.25, -0.2) is 0 Å². The molecule has 1 fully saturated rings. The summed E-state index contributed by atoms with van der Waals surface area (Å²) in [7, 11) is 1.93. The molecule has 0 bridgehead atoms. The van der Waals surface area contributed by atoms with Crippen LogP contribution in [0.15, 0.2) is 24.3 Å². The predicted molar refractivity (Wildman–Crippen MR) is 83.5 cm³/mol. The van der Waals surface area contributed by atoms with E-state index in [0.717, 1.165) is 17.9 Å². The van der Waals surface area contributed by atoms with Gasteiger partial charge in [0, 0.05) is 33.1 Å². The van der Waals surface area contributed by atoms with E-state index in [-0.39, 0.29) is 11.6 Å². The minimum atomic E-state index is -4.60. The zero-order chi connectivity index (χ0) is 17.9. The first-order valence-corrected chi connectivity index (χ1v) is 7.61. The van der Waals surface area contributed by atoms with E-state index in [4.69, 9.17) is 0 Å². The van der Waals surface area contributed by atoms with Crippen LogP contribution in [0.4, 0.5) is 18.9 Å². The van der Waals surface area contributed by atoms with Gasteiger partial charge in [-0.05, 0) is 19.2 Å². The molecule has 2 rings (SSSR count). The molecule has 2 amide bonds. The monoisotopic (exact) mass is 343 g/mol. The molecule has 0 saturated carbocycles. The number of hydrogen-bond donors (Lipinski definition) is 0. The number of anilines is 1. The van der Waals surface area contributed by atoms with E-state index in [2.05, 4.69) is 4.90 Å². The Balaban J connectivity index is 2.22. The van der Waals surface area contributed by atoms with E-state index in [1.807, 2.05) is 7.05 Å². The van der Waals surface area contributed by atoms with Gasteiger partial charge in [-0.15, -0.1) is 0 Å². The highest BCUT2D eigenvalue weighted by atomic mass is 19.4. The summed E-state index contributed by atoms with van der Waals surface area (Å²) in [6, 6.07) is 4.79. The second kappa shape index (κ2) is 7.21. The van der Waals surface area contributed by atoms with Crippen LogP contribution in [0, 0.1) is 0 Å². The number of amides is 2. The summed E-state index contributed by atoms with van der Waals surface area (Å²) in [6.07, 6.45) is -4.60. The Hall–Kier alpha value is -2.09. The normalized spacial score (nSPS) is 16.1. The van der Waals surface area contributed by atoms with Crippen molar-refractivity contribution in [1.29, 1.82) is 0 Å². The molecule has 1 aliphatic rings. The Morgan fingerprint density at radius 2 is 1.71 bits per heavy atom. The number of likely N-dealkylation sites (N-methyl/N-ethyl adjacent to an activating group) is 1. The minimum absolute atomic E-state index is 0.292. The van der Waals surface area contributed by atoms with Crippen molar-refractivity contribution in [3.05, 3.63) is 29.8 Å². The van der Waals surface area contributed by atoms with Crippen molar-refractivity contribution in [2.45, 2.75) is 13.1 Å². The Bertz CT molecular complexity index is 611. The topological polar surface area (TPSA) is 43.9 Å². The Morgan fingerprint density at radius 1 is 1.12 bits per heavy atom. The standard InChI is InChI=1S/C16H20F3N3O2/c1-12(23)22(11-15(24)21-9-7-20(2)8-10-21)14-6-4-3-5-13(14)16(17,18)19/h3-6H,7-11H2,1-2H3. The molecule has 24 heavy (non-hydrogen) atoms. The fraction of sp³-hybridized carbons (Fsp3) is 0.500. The van der Waals surface area contributed by atoms with Crippen molar-refractivity contribution < 1.29 is 22.8 Å². The maximum Gasteiger partial charge on any atom is 0.418 e. The van der Waals surface area contributed by atoms with Gasteiger partial charge in [-0.3, -0.25) is 9.59 Å². The summed E-state index contributed by atoms with van der Waals surface area (Å²) < 4.78 is 39.5. The molecule has 0 N–H and O–H groups in total. The summed E-state index contributed by atoms with van der Waals surface area (Å²) >= 11 is 0. The first kappa shape index (κ1) is 18.3. The highest BCUT2D eigenvalue weighted by Crippen LogP contribution is 2.36. The second-order valence-electron chi connectivity index (χ2n) is 5.80. The zero-order valence-corrected chi connectivity index (χ0v) is 13.6. The highest BCUT2D eigenvalue weighted by Gasteiger charge is 2.36. The fourth-order valence-electron chi connectivity index (χ4n) is 2.61. The number of nitrogens with zero attached hydrogens (tertiary/aromatic N) is 3. The number of halogens is 3. The van der Waals surface area contributed by atoms with Gasteiger partial charge in [-0.2, -0.15) is 13.2 Å². The summed E-state index contributed by atoms with van der Waals surface area (Å²) in [5, 5.41) is 0. The molecule has 8 heteroatoms. The van der Waals surface area contributed by atoms with Gasteiger partial charge < -0.3 is 14.7 Å². The number of alkyl halides is 3. The molecule has 0 aromatic heterocycles. The Labute approximate surface area is 138 Å². The van der Waals surface area contributed by atoms with E-state index in [1.54, 1.807) is 4.90 Å². The second-order valence-corrected chi connectivity index (χ2v) is 5.80. The van der Waals surface area contributed by atoms with Crippen LogP contribution in [-0.4, -0.2) is 61.4 Å². The van der Waals surface area contributed by atoms with Crippen molar-refractivity contribution in [3.63, 3.8) is 0 Å². The van der Waals surface area contributed by atoms with Gasteiger partial charge >= 0.3 is 6.18 Å². The molecule has 0 aliphatic carbocycles. The van der Waals surface area contributed by atoms with Crippen molar-refractivity contribution in [1.82, 2.24) is 9.80 Å². The third-order valence-electron chi connectivity index (χ3n) is 4.03. The Morgan fingerprint density at radius 3 is 2.25 bits per heavy atom. The third kappa shape index (κ3) is 4.25. The lowest BCUT2D eigenvalue weighted by Crippen LogP contribution is -2.50. The van der Waals surface area contributed by atoms with Crippen LogP contribution in [0.5, 0.6) is 0 Å². The molecule has 1 aliphatic heterocycles. The molecule has 1 saturated heterocycles. The van der Waals surface area contributed by atoms with Crippen LogP contribution in [0.2, 0.25) is 0 Å². The number of carbonyl (C=O) groups is 2. The zero-order valence-electron chi connectivity index (χ0n) is 13.6. The van der Waals surface area contributed by atoms with E-state index < -0.39 is 24.2 Å². The quantitative estimate of drug-likeness (QED) is 0.841. The molecule has 0 unspecified atom stereocenters. The first-order chi connectivity index (χ1) is 11.2. The third-order valence-corrected chi connectivity index (χ3v) is 4.03. The van der Waals surface area contributed by atoms with Gasteiger partial charge in [0.1, 0.15) is 6.54 Å². The minimum Gasteiger partial charge on any atom is -0.339 e.